The number of hydrogen-bond acceptors (Lipinski definition) is 5. The van der Waals surface area contributed by atoms with Crippen LogP contribution in [0.25, 0.3) is 6.08 Å². The molecule has 5 heteroatoms. The third-order valence-electron chi connectivity index (χ3n) is 2.27. The molecule has 1 aliphatic heterocycles. The highest BCUT2D eigenvalue weighted by atomic mass is 16.7. The Morgan fingerprint density at radius 1 is 1.47 bits per heavy atom. The van der Waals surface area contributed by atoms with Crippen molar-refractivity contribution < 1.29 is 19.0 Å². The summed E-state index contributed by atoms with van der Waals surface area (Å²) >= 11 is 0. The summed E-state index contributed by atoms with van der Waals surface area (Å²) < 4.78 is 15.1. The van der Waals surface area contributed by atoms with Crippen molar-refractivity contribution in [3.05, 3.63) is 35.7 Å². The molecule has 5 nitrogen and oxygen atoms in total. The van der Waals surface area contributed by atoms with E-state index in [1.165, 1.54) is 13.3 Å². The van der Waals surface area contributed by atoms with Gasteiger partial charge in [0.05, 0.1) is 25.9 Å². The number of esters is 1. The molecule has 17 heavy (non-hydrogen) atoms. The van der Waals surface area contributed by atoms with Gasteiger partial charge >= 0.3 is 5.97 Å². The first kappa shape index (κ1) is 11.8. The summed E-state index contributed by atoms with van der Waals surface area (Å²) in [5, 5.41) is 0. The van der Waals surface area contributed by atoms with Gasteiger partial charge in [-0.05, 0) is 17.7 Å². The van der Waals surface area contributed by atoms with Gasteiger partial charge < -0.3 is 14.2 Å². The second kappa shape index (κ2) is 5.56. The van der Waals surface area contributed by atoms with E-state index in [4.69, 9.17) is 9.47 Å². The van der Waals surface area contributed by atoms with Crippen LogP contribution in [0.2, 0.25) is 0 Å². The van der Waals surface area contributed by atoms with Crippen molar-refractivity contribution in [1.29, 1.82) is 0 Å². The lowest BCUT2D eigenvalue weighted by atomic mass is 10.2. The average Bonchev–Trinajstić information content (AvgIpc) is 2.89. The van der Waals surface area contributed by atoms with Crippen LogP contribution in [-0.4, -0.2) is 37.6 Å². The Labute approximate surface area is 99.0 Å². The minimum Gasteiger partial charge on any atom is -0.465 e. The first-order valence-corrected chi connectivity index (χ1v) is 5.24. The summed E-state index contributed by atoms with van der Waals surface area (Å²) in [6, 6.07) is 1.70. The molecular formula is C12H13NO4. The highest BCUT2D eigenvalue weighted by Crippen LogP contribution is 2.10. The molecule has 0 N–H and O–H groups in total. The van der Waals surface area contributed by atoms with E-state index in [-0.39, 0.29) is 6.29 Å². The van der Waals surface area contributed by atoms with Crippen LogP contribution in [0.15, 0.2) is 24.5 Å². The molecule has 2 heterocycles. The molecule has 0 bridgehead atoms. The lowest BCUT2D eigenvalue weighted by Crippen LogP contribution is -2.03. The molecular weight excluding hydrogens is 222 g/mol. The Balaban J connectivity index is 2.07. The van der Waals surface area contributed by atoms with Gasteiger partial charge in [-0.15, -0.1) is 0 Å². The maximum Gasteiger partial charge on any atom is 0.339 e. The zero-order chi connectivity index (χ0) is 12.1. The van der Waals surface area contributed by atoms with Crippen molar-refractivity contribution in [2.45, 2.75) is 6.29 Å². The summed E-state index contributed by atoms with van der Waals surface area (Å²) in [5.41, 5.74) is 1.22. The van der Waals surface area contributed by atoms with E-state index in [9.17, 15) is 4.79 Å². The fraction of sp³-hybridized carbons (Fsp3) is 0.333. The predicted molar refractivity (Wildman–Crippen MR) is 60.3 cm³/mol. The third-order valence-corrected chi connectivity index (χ3v) is 2.27. The van der Waals surface area contributed by atoms with Crippen molar-refractivity contribution in [1.82, 2.24) is 4.98 Å². The van der Waals surface area contributed by atoms with E-state index in [0.29, 0.717) is 18.8 Å². The average molecular weight is 235 g/mol. The molecule has 90 valence electrons. The highest BCUT2D eigenvalue weighted by Gasteiger charge is 2.11. The van der Waals surface area contributed by atoms with Crippen molar-refractivity contribution in [2.24, 2.45) is 0 Å². The van der Waals surface area contributed by atoms with E-state index in [1.54, 1.807) is 24.4 Å². The Bertz CT molecular complexity index is 424. The molecule has 0 aromatic carbocycles. The van der Waals surface area contributed by atoms with Crippen LogP contribution < -0.4 is 0 Å². The molecule has 0 unspecified atom stereocenters. The van der Waals surface area contributed by atoms with E-state index >= 15 is 0 Å². The molecule has 1 aliphatic rings. The maximum absolute atomic E-state index is 11.3. The number of hydrogen-bond donors (Lipinski definition) is 0. The number of pyridine rings is 1. The zero-order valence-corrected chi connectivity index (χ0v) is 9.46. The molecule has 0 atom stereocenters. The molecule has 1 saturated heterocycles. The minimum absolute atomic E-state index is 0.309. The first-order valence-electron chi connectivity index (χ1n) is 5.24. The fourth-order valence-corrected chi connectivity index (χ4v) is 1.46. The zero-order valence-electron chi connectivity index (χ0n) is 9.46. The van der Waals surface area contributed by atoms with Crippen LogP contribution in [0.5, 0.6) is 0 Å². The summed E-state index contributed by atoms with van der Waals surface area (Å²) in [5.74, 6) is -0.402. The van der Waals surface area contributed by atoms with E-state index in [0.717, 1.165) is 5.56 Å². The Morgan fingerprint density at radius 3 is 2.94 bits per heavy atom. The number of ether oxygens (including phenoxy) is 3. The van der Waals surface area contributed by atoms with Crippen molar-refractivity contribution in [3.63, 3.8) is 0 Å². The van der Waals surface area contributed by atoms with Gasteiger partial charge in [0.2, 0.25) is 0 Å². The molecule has 0 spiro atoms. The van der Waals surface area contributed by atoms with Crippen molar-refractivity contribution in [2.75, 3.05) is 20.3 Å². The van der Waals surface area contributed by atoms with Crippen LogP contribution in [0.4, 0.5) is 0 Å². The number of nitrogens with zero attached hydrogens (tertiary/aromatic N) is 1. The minimum atomic E-state index is -0.402. The number of carbonyl (C=O) groups excluding carboxylic acids is 1. The summed E-state index contributed by atoms with van der Waals surface area (Å²) in [6.07, 6.45) is 6.39. The van der Waals surface area contributed by atoms with Gasteiger partial charge in [0.15, 0.2) is 6.29 Å². The predicted octanol–water partition coefficient (Wildman–Crippen LogP) is 1.25. The highest BCUT2D eigenvalue weighted by molar-refractivity contribution is 5.89. The van der Waals surface area contributed by atoms with Gasteiger partial charge in [-0.25, -0.2) is 4.79 Å². The Hall–Kier alpha value is -1.72. The molecule has 2 rings (SSSR count). The molecule has 0 aliphatic carbocycles. The van der Waals surface area contributed by atoms with Gasteiger partial charge in [-0.1, -0.05) is 6.08 Å². The number of rotatable bonds is 3. The van der Waals surface area contributed by atoms with Crippen LogP contribution >= 0.6 is 0 Å². The first-order chi connectivity index (χ1) is 8.29. The Kier molecular flexibility index (Phi) is 3.85. The standard InChI is InChI=1S/C12H13NO4/c1-15-12(14)10-6-9(7-13-8-10)2-3-11-16-4-5-17-11/h2-3,6-8,11H,4-5H2,1H3. The smallest absolute Gasteiger partial charge is 0.339 e. The fourth-order valence-electron chi connectivity index (χ4n) is 1.46. The lowest BCUT2D eigenvalue weighted by Gasteiger charge is -2.02. The third kappa shape index (κ3) is 3.12. The van der Waals surface area contributed by atoms with Gasteiger partial charge in [0.25, 0.3) is 0 Å². The van der Waals surface area contributed by atoms with E-state index in [1.807, 2.05) is 0 Å². The molecule has 0 amide bonds. The number of carbonyl (C=O) groups is 1. The second-order valence-corrected chi connectivity index (χ2v) is 3.47. The number of aromatic nitrogens is 1. The Morgan fingerprint density at radius 2 is 2.24 bits per heavy atom. The van der Waals surface area contributed by atoms with E-state index in [2.05, 4.69) is 9.72 Å². The summed E-state index contributed by atoms with van der Waals surface area (Å²) in [4.78, 5) is 15.3. The van der Waals surface area contributed by atoms with Crippen LogP contribution in [0.1, 0.15) is 15.9 Å². The summed E-state index contributed by atoms with van der Waals surface area (Å²) in [6.45, 7) is 1.21. The monoisotopic (exact) mass is 235 g/mol. The second-order valence-electron chi connectivity index (χ2n) is 3.47. The maximum atomic E-state index is 11.3. The van der Waals surface area contributed by atoms with Crippen LogP contribution in [-0.2, 0) is 14.2 Å². The summed E-state index contributed by atoms with van der Waals surface area (Å²) in [7, 11) is 1.34. The SMILES string of the molecule is COC(=O)c1cncc(C=CC2OCCO2)c1. The van der Waals surface area contributed by atoms with Crippen LogP contribution in [0, 0.1) is 0 Å². The molecule has 0 radical (unpaired) electrons. The largest absolute Gasteiger partial charge is 0.465 e. The van der Waals surface area contributed by atoms with Crippen molar-refractivity contribution >= 4 is 12.0 Å². The number of methoxy groups -OCH3 is 1. The molecule has 1 aromatic rings. The molecule has 1 fully saturated rings. The quantitative estimate of drug-likeness (QED) is 0.738. The van der Waals surface area contributed by atoms with Gasteiger partial charge in [0, 0.05) is 12.4 Å². The van der Waals surface area contributed by atoms with Crippen LogP contribution in [0.3, 0.4) is 0 Å². The van der Waals surface area contributed by atoms with Gasteiger partial charge in [-0.3, -0.25) is 4.98 Å². The van der Waals surface area contributed by atoms with E-state index < -0.39 is 5.97 Å². The topological polar surface area (TPSA) is 57.7 Å². The van der Waals surface area contributed by atoms with Gasteiger partial charge in [-0.2, -0.15) is 0 Å². The molecule has 1 aromatic heterocycles. The van der Waals surface area contributed by atoms with Gasteiger partial charge in [0.1, 0.15) is 0 Å². The lowest BCUT2D eigenvalue weighted by molar-refractivity contribution is -0.000910. The van der Waals surface area contributed by atoms with Crippen molar-refractivity contribution in [3.8, 4) is 0 Å². The normalized spacial score (nSPS) is 16.5. The molecule has 0 saturated carbocycles.